The molecule has 0 saturated heterocycles. The Morgan fingerprint density at radius 2 is 1.93 bits per heavy atom. The van der Waals surface area contributed by atoms with E-state index in [9.17, 15) is 9.18 Å². The molecule has 5 aromatic rings. The second-order valence-electron chi connectivity index (χ2n) is 7.37. The molecule has 0 fully saturated rings. The fourth-order valence-electron chi connectivity index (χ4n) is 4.10. The summed E-state index contributed by atoms with van der Waals surface area (Å²) < 4.78 is 19.6. The van der Waals surface area contributed by atoms with Crippen LogP contribution in [0.5, 0.6) is 0 Å². The maximum Gasteiger partial charge on any atom is 0.348 e. The van der Waals surface area contributed by atoms with Crippen molar-refractivity contribution in [1.82, 2.24) is 23.9 Å². The minimum absolute atomic E-state index is 0.358. The number of hydrogen-bond donors (Lipinski definition) is 2. The molecule has 2 aromatic carbocycles. The van der Waals surface area contributed by atoms with Crippen LogP contribution in [-0.4, -0.2) is 30.4 Å². The number of aromatic amines is 1. The molecule has 0 aliphatic rings. The minimum Gasteiger partial charge on any atom is -0.350 e. The Kier molecular flexibility index (Phi) is 4.29. The highest BCUT2D eigenvalue weighted by atomic mass is 19.1. The molecule has 30 heavy (non-hydrogen) atoms. The average molecular weight is 404 g/mol. The van der Waals surface area contributed by atoms with E-state index >= 15 is 0 Å². The zero-order chi connectivity index (χ0) is 20.8. The standard InChI is InChI=1S/C22H21FN6O/c1-27-12-17(15-5-2-3-6-18(15)27)21-25-26-22(30)29(21)20-13-28(10-4-9-24)19-8-7-14(23)11-16(19)20/h2-3,5-8,11-13H,4,9-10,24H2,1H3,(H,26,30). The predicted molar refractivity (Wildman–Crippen MR) is 115 cm³/mol. The molecular weight excluding hydrogens is 383 g/mol. The van der Waals surface area contributed by atoms with Crippen molar-refractivity contribution in [3.63, 3.8) is 0 Å². The quantitative estimate of drug-likeness (QED) is 0.472. The average Bonchev–Trinajstić information content (AvgIpc) is 3.40. The minimum atomic E-state index is -0.375. The van der Waals surface area contributed by atoms with Gasteiger partial charge in [0.1, 0.15) is 5.82 Å². The van der Waals surface area contributed by atoms with Crippen molar-refractivity contribution >= 4 is 21.8 Å². The number of aromatic nitrogens is 5. The van der Waals surface area contributed by atoms with Crippen LogP contribution >= 0.6 is 0 Å². The van der Waals surface area contributed by atoms with Crippen molar-refractivity contribution in [3.8, 4) is 17.1 Å². The summed E-state index contributed by atoms with van der Waals surface area (Å²) in [5.41, 5.74) is 8.59. The van der Waals surface area contributed by atoms with Crippen LogP contribution in [0.4, 0.5) is 4.39 Å². The molecule has 0 aliphatic heterocycles. The molecular formula is C22H21FN6O. The van der Waals surface area contributed by atoms with Gasteiger partial charge in [-0.1, -0.05) is 18.2 Å². The van der Waals surface area contributed by atoms with Crippen LogP contribution in [0, 0.1) is 5.82 Å². The van der Waals surface area contributed by atoms with Crippen molar-refractivity contribution in [1.29, 1.82) is 0 Å². The predicted octanol–water partition coefficient (Wildman–Crippen LogP) is 3.16. The molecule has 3 N–H and O–H groups in total. The Balaban J connectivity index is 1.79. The Hall–Kier alpha value is -3.65. The number of benzene rings is 2. The first-order valence-corrected chi connectivity index (χ1v) is 9.79. The molecule has 0 aliphatic carbocycles. The normalized spacial score (nSPS) is 11.7. The van der Waals surface area contributed by atoms with E-state index in [2.05, 4.69) is 10.2 Å². The number of para-hydroxylation sites is 1. The number of nitrogens with zero attached hydrogens (tertiary/aromatic N) is 4. The third kappa shape index (κ3) is 2.76. The molecule has 0 bridgehead atoms. The first-order chi connectivity index (χ1) is 14.6. The zero-order valence-electron chi connectivity index (χ0n) is 16.5. The zero-order valence-corrected chi connectivity index (χ0v) is 16.5. The van der Waals surface area contributed by atoms with Gasteiger partial charge >= 0.3 is 5.69 Å². The Morgan fingerprint density at radius 1 is 1.10 bits per heavy atom. The lowest BCUT2D eigenvalue weighted by molar-refractivity contribution is 0.629. The van der Waals surface area contributed by atoms with Gasteiger partial charge in [-0.05, 0) is 37.2 Å². The summed E-state index contributed by atoms with van der Waals surface area (Å²) in [6, 6.07) is 12.5. The van der Waals surface area contributed by atoms with E-state index in [1.807, 2.05) is 52.8 Å². The summed E-state index contributed by atoms with van der Waals surface area (Å²) in [7, 11) is 1.95. The second-order valence-corrected chi connectivity index (χ2v) is 7.37. The van der Waals surface area contributed by atoms with E-state index in [4.69, 9.17) is 5.73 Å². The van der Waals surface area contributed by atoms with Crippen LogP contribution in [0.15, 0.2) is 59.7 Å². The molecule has 0 saturated carbocycles. The topological polar surface area (TPSA) is 86.6 Å². The smallest absolute Gasteiger partial charge is 0.348 e. The van der Waals surface area contributed by atoms with E-state index < -0.39 is 0 Å². The van der Waals surface area contributed by atoms with Crippen molar-refractivity contribution < 1.29 is 4.39 Å². The molecule has 0 radical (unpaired) electrons. The fourth-order valence-corrected chi connectivity index (χ4v) is 4.10. The van der Waals surface area contributed by atoms with Crippen molar-refractivity contribution in [3.05, 3.63) is 71.2 Å². The van der Waals surface area contributed by atoms with Crippen LogP contribution in [-0.2, 0) is 13.6 Å². The van der Waals surface area contributed by atoms with Gasteiger partial charge in [0.05, 0.1) is 11.2 Å². The van der Waals surface area contributed by atoms with Crippen molar-refractivity contribution in [2.45, 2.75) is 13.0 Å². The van der Waals surface area contributed by atoms with Gasteiger partial charge in [-0.3, -0.25) is 0 Å². The molecule has 8 heteroatoms. The summed E-state index contributed by atoms with van der Waals surface area (Å²) in [6.07, 6.45) is 4.59. The highest BCUT2D eigenvalue weighted by Crippen LogP contribution is 2.32. The van der Waals surface area contributed by atoms with E-state index in [0.29, 0.717) is 30.0 Å². The van der Waals surface area contributed by atoms with Gasteiger partial charge in [0.2, 0.25) is 0 Å². The van der Waals surface area contributed by atoms with Gasteiger partial charge in [0.25, 0.3) is 0 Å². The van der Waals surface area contributed by atoms with Gasteiger partial charge in [-0.15, -0.1) is 0 Å². The third-order valence-electron chi connectivity index (χ3n) is 5.48. The van der Waals surface area contributed by atoms with E-state index in [1.165, 1.54) is 16.7 Å². The van der Waals surface area contributed by atoms with Crippen LogP contribution in [0.25, 0.3) is 38.9 Å². The molecule has 0 spiro atoms. The number of hydrogen-bond acceptors (Lipinski definition) is 3. The van der Waals surface area contributed by atoms with Crippen LogP contribution in [0.3, 0.4) is 0 Å². The van der Waals surface area contributed by atoms with Gasteiger partial charge in [-0.2, -0.15) is 5.10 Å². The third-order valence-corrected chi connectivity index (χ3v) is 5.48. The van der Waals surface area contributed by atoms with E-state index in [-0.39, 0.29) is 11.5 Å². The lowest BCUT2D eigenvalue weighted by atomic mass is 10.1. The van der Waals surface area contributed by atoms with Crippen molar-refractivity contribution in [2.75, 3.05) is 6.54 Å². The number of halogens is 1. The number of H-pyrrole nitrogens is 1. The number of rotatable bonds is 5. The van der Waals surface area contributed by atoms with Gasteiger partial charge < -0.3 is 14.9 Å². The van der Waals surface area contributed by atoms with Crippen LogP contribution < -0.4 is 11.4 Å². The number of fused-ring (bicyclic) bond motifs is 2. The van der Waals surface area contributed by atoms with Gasteiger partial charge in [-0.25, -0.2) is 18.9 Å². The molecule has 5 rings (SSSR count). The number of aryl methyl sites for hydroxylation is 2. The molecule has 7 nitrogen and oxygen atoms in total. The fraction of sp³-hybridized carbons (Fsp3) is 0.182. The highest BCUT2D eigenvalue weighted by molar-refractivity contribution is 5.96. The summed E-state index contributed by atoms with van der Waals surface area (Å²) in [4.78, 5) is 12.8. The lowest BCUT2D eigenvalue weighted by Gasteiger charge is -2.04. The molecule has 3 aromatic heterocycles. The first kappa shape index (κ1) is 18.4. The lowest BCUT2D eigenvalue weighted by Crippen LogP contribution is -2.15. The Morgan fingerprint density at radius 3 is 2.77 bits per heavy atom. The number of nitrogens with two attached hydrogens (primary N) is 1. The van der Waals surface area contributed by atoms with Crippen LogP contribution in [0.2, 0.25) is 0 Å². The summed E-state index contributed by atoms with van der Waals surface area (Å²) in [5.74, 6) is 0.127. The molecule has 0 amide bonds. The Labute approximate surface area is 171 Å². The van der Waals surface area contributed by atoms with Gasteiger partial charge in [0.15, 0.2) is 5.82 Å². The monoisotopic (exact) mass is 404 g/mol. The molecule has 0 atom stereocenters. The van der Waals surface area contributed by atoms with E-state index in [1.54, 1.807) is 6.07 Å². The molecule has 0 unspecified atom stereocenters. The van der Waals surface area contributed by atoms with E-state index in [0.717, 1.165) is 28.4 Å². The van der Waals surface area contributed by atoms with Crippen molar-refractivity contribution in [2.24, 2.45) is 12.8 Å². The number of nitrogens with one attached hydrogen (secondary N) is 1. The summed E-state index contributed by atoms with van der Waals surface area (Å²) >= 11 is 0. The molecule has 152 valence electrons. The van der Waals surface area contributed by atoms with Gasteiger partial charge in [0, 0.05) is 47.8 Å². The molecule has 3 heterocycles. The highest BCUT2D eigenvalue weighted by Gasteiger charge is 2.21. The maximum atomic E-state index is 14.1. The summed E-state index contributed by atoms with van der Waals surface area (Å²) in [6.45, 7) is 1.22. The maximum absolute atomic E-state index is 14.1. The first-order valence-electron chi connectivity index (χ1n) is 9.79. The largest absolute Gasteiger partial charge is 0.350 e. The Bertz CT molecular complexity index is 1440. The summed E-state index contributed by atoms with van der Waals surface area (Å²) in [5, 5.41) is 8.52. The SMILES string of the molecule is Cn1cc(-c2n[nH]c(=O)n2-c2cn(CCCN)c3ccc(F)cc23)c2ccccc21. The second kappa shape index (κ2) is 7.00. The van der Waals surface area contributed by atoms with Crippen LogP contribution in [0.1, 0.15) is 6.42 Å².